The first-order valence-corrected chi connectivity index (χ1v) is 4.81. The molecule has 0 atom stereocenters. The van der Waals surface area contributed by atoms with Gasteiger partial charge in [-0.25, -0.2) is 9.02 Å². The summed E-state index contributed by atoms with van der Waals surface area (Å²) in [6, 6.07) is 5.77. The molecule has 2 aromatic rings. The van der Waals surface area contributed by atoms with E-state index < -0.39 is 5.82 Å². The third-order valence-corrected chi connectivity index (χ3v) is 2.18. The SMILES string of the molecule is Cc1nonc1COc1ccc(C#N)c(F)c1. The van der Waals surface area contributed by atoms with E-state index in [1.807, 2.05) is 0 Å². The fourth-order valence-corrected chi connectivity index (χ4v) is 1.21. The lowest BCUT2D eigenvalue weighted by Gasteiger charge is -2.04. The zero-order valence-electron chi connectivity index (χ0n) is 8.98. The molecule has 0 radical (unpaired) electrons. The van der Waals surface area contributed by atoms with Gasteiger partial charge >= 0.3 is 0 Å². The van der Waals surface area contributed by atoms with Crippen LogP contribution in [0.4, 0.5) is 4.39 Å². The molecule has 0 aliphatic rings. The van der Waals surface area contributed by atoms with Gasteiger partial charge in [0.2, 0.25) is 0 Å². The molecule has 0 fully saturated rings. The summed E-state index contributed by atoms with van der Waals surface area (Å²) in [5, 5.41) is 15.8. The summed E-state index contributed by atoms with van der Waals surface area (Å²) in [4.78, 5) is 0. The van der Waals surface area contributed by atoms with E-state index in [4.69, 9.17) is 10.00 Å². The van der Waals surface area contributed by atoms with Crippen LogP contribution in [0.2, 0.25) is 0 Å². The second-order valence-electron chi connectivity index (χ2n) is 3.34. The van der Waals surface area contributed by atoms with Gasteiger partial charge in [0.15, 0.2) is 0 Å². The van der Waals surface area contributed by atoms with Crippen LogP contribution in [0.1, 0.15) is 17.0 Å². The van der Waals surface area contributed by atoms with Gasteiger partial charge in [-0.2, -0.15) is 5.26 Å². The molecule has 0 N–H and O–H groups in total. The Labute approximate surface area is 96.4 Å². The number of aromatic nitrogens is 2. The normalized spacial score (nSPS) is 9.94. The Bertz CT molecular complexity index is 574. The first kappa shape index (κ1) is 11.1. The molecule has 0 saturated carbocycles. The Hall–Kier alpha value is -2.42. The van der Waals surface area contributed by atoms with Crippen LogP contribution in [0.5, 0.6) is 5.75 Å². The molecular weight excluding hydrogens is 225 g/mol. The summed E-state index contributed by atoms with van der Waals surface area (Å²) in [6.07, 6.45) is 0. The van der Waals surface area contributed by atoms with E-state index in [2.05, 4.69) is 14.9 Å². The zero-order chi connectivity index (χ0) is 12.3. The second-order valence-corrected chi connectivity index (χ2v) is 3.34. The van der Waals surface area contributed by atoms with Crippen molar-refractivity contribution in [3.63, 3.8) is 0 Å². The largest absolute Gasteiger partial charge is 0.487 e. The maximum atomic E-state index is 13.2. The smallest absolute Gasteiger partial charge is 0.145 e. The molecule has 0 saturated heterocycles. The molecule has 17 heavy (non-hydrogen) atoms. The van der Waals surface area contributed by atoms with E-state index in [0.29, 0.717) is 17.1 Å². The molecule has 0 amide bonds. The molecule has 1 aromatic heterocycles. The van der Waals surface area contributed by atoms with Crippen molar-refractivity contribution < 1.29 is 13.8 Å². The lowest BCUT2D eigenvalue weighted by Crippen LogP contribution is -1.98. The van der Waals surface area contributed by atoms with Crippen LogP contribution in [0.3, 0.4) is 0 Å². The van der Waals surface area contributed by atoms with E-state index >= 15 is 0 Å². The van der Waals surface area contributed by atoms with Crippen molar-refractivity contribution in [3.05, 3.63) is 41.0 Å². The number of nitriles is 1. The molecule has 6 heteroatoms. The zero-order valence-corrected chi connectivity index (χ0v) is 8.98. The van der Waals surface area contributed by atoms with Crippen molar-refractivity contribution in [2.45, 2.75) is 13.5 Å². The third kappa shape index (κ3) is 2.39. The molecule has 0 spiro atoms. The molecule has 1 heterocycles. The standard InChI is InChI=1S/C11H8FN3O2/c1-7-11(15-17-14-7)6-16-9-3-2-8(5-13)10(12)4-9/h2-4H,6H2,1H3. The molecule has 0 aliphatic carbocycles. The van der Waals surface area contributed by atoms with Crippen LogP contribution in [-0.2, 0) is 6.61 Å². The Morgan fingerprint density at radius 1 is 1.47 bits per heavy atom. The fraction of sp³-hybridized carbons (Fsp3) is 0.182. The number of aryl methyl sites for hydroxylation is 1. The van der Waals surface area contributed by atoms with Crippen LogP contribution in [0.25, 0.3) is 0 Å². The van der Waals surface area contributed by atoms with Crippen LogP contribution >= 0.6 is 0 Å². The fourth-order valence-electron chi connectivity index (χ4n) is 1.21. The van der Waals surface area contributed by atoms with Gasteiger partial charge in [-0.15, -0.1) is 0 Å². The molecular formula is C11H8FN3O2. The third-order valence-electron chi connectivity index (χ3n) is 2.18. The Morgan fingerprint density at radius 2 is 2.29 bits per heavy atom. The maximum Gasteiger partial charge on any atom is 0.145 e. The van der Waals surface area contributed by atoms with Crippen molar-refractivity contribution in [2.24, 2.45) is 0 Å². The van der Waals surface area contributed by atoms with Crippen molar-refractivity contribution >= 4 is 0 Å². The Balaban J connectivity index is 2.08. The number of halogens is 1. The minimum absolute atomic E-state index is 0.0170. The van der Waals surface area contributed by atoms with Crippen molar-refractivity contribution in [1.82, 2.24) is 10.3 Å². The van der Waals surface area contributed by atoms with Crippen molar-refractivity contribution in [1.29, 1.82) is 5.26 Å². The van der Waals surface area contributed by atoms with Crippen molar-refractivity contribution in [2.75, 3.05) is 0 Å². The average molecular weight is 233 g/mol. The molecule has 0 bridgehead atoms. The van der Waals surface area contributed by atoms with Crippen LogP contribution in [0, 0.1) is 24.1 Å². The van der Waals surface area contributed by atoms with Crippen LogP contribution in [-0.4, -0.2) is 10.3 Å². The summed E-state index contributed by atoms with van der Waals surface area (Å²) in [5.74, 6) is -0.288. The monoisotopic (exact) mass is 233 g/mol. The number of ether oxygens (including phenoxy) is 1. The quantitative estimate of drug-likeness (QED) is 0.810. The molecule has 0 unspecified atom stereocenters. The van der Waals surface area contributed by atoms with Gasteiger partial charge in [-0.3, -0.25) is 0 Å². The molecule has 86 valence electrons. The predicted octanol–water partition coefficient (Wildman–Crippen LogP) is 1.97. The number of hydrogen-bond donors (Lipinski definition) is 0. The lowest BCUT2D eigenvalue weighted by molar-refractivity contribution is 0.269. The van der Waals surface area contributed by atoms with Gasteiger partial charge in [-0.1, -0.05) is 10.3 Å². The van der Waals surface area contributed by atoms with Crippen LogP contribution in [0.15, 0.2) is 22.8 Å². The topological polar surface area (TPSA) is 71.9 Å². The summed E-state index contributed by atoms with van der Waals surface area (Å²) in [6.45, 7) is 1.87. The van der Waals surface area contributed by atoms with E-state index in [1.165, 1.54) is 12.1 Å². The Kier molecular flexibility index (Phi) is 3.01. The molecule has 2 rings (SSSR count). The molecule has 1 aromatic carbocycles. The second kappa shape index (κ2) is 4.61. The number of benzene rings is 1. The highest BCUT2D eigenvalue weighted by atomic mass is 19.1. The average Bonchev–Trinajstić information content (AvgIpc) is 2.72. The van der Waals surface area contributed by atoms with E-state index in [-0.39, 0.29) is 12.2 Å². The van der Waals surface area contributed by atoms with Gasteiger partial charge < -0.3 is 4.74 Å². The first-order chi connectivity index (χ1) is 8.20. The summed E-state index contributed by atoms with van der Waals surface area (Å²) < 4.78 is 23.0. The number of hydrogen-bond acceptors (Lipinski definition) is 5. The van der Waals surface area contributed by atoms with Gasteiger partial charge in [0, 0.05) is 6.07 Å². The van der Waals surface area contributed by atoms with E-state index in [9.17, 15) is 4.39 Å². The Morgan fingerprint density at radius 3 is 2.88 bits per heavy atom. The van der Waals surface area contributed by atoms with Gasteiger partial charge in [0.25, 0.3) is 0 Å². The summed E-state index contributed by atoms with van der Waals surface area (Å²) in [5.41, 5.74) is 1.16. The predicted molar refractivity (Wildman–Crippen MR) is 54.5 cm³/mol. The first-order valence-electron chi connectivity index (χ1n) is 4.81. The van der Waals surface area contributed by atoms with Crippen LogP contribution < -0.4 is 4.74 Å². The summed E-state index contributed by atoms with van der Waals surface area (Å²) >= 11 is 0. The van der Waals surface area contributed by atoms with Gasteiger partial charge in [0.05, 0.1) is 5.56 Å². The van der Waals surface area contributed by atoms with Crippen molar-refractivity contribution in [3.8, 4) is 11.8 Å². The van der Waals surface area contributed by atoms with E-state index in [0.717, 1.165) is 6.07 Å². The molecule has 0 aliphatic heterocycles. The lowest BCUT2D eigenvalue weighted by atomic mass is 10.2. The van der Waals surface area contributed by atoms with E-state index in [1.54, 1.807) is 13.0 Å². The highest BCUT2D eigenvalue weighted by Crippen LogP contribution is 2.17. The highest BCUT2D eigenvalue weighted by Gasteiger charge is 2.07. The van der Waals surface area contributed by atoms with Gasteiger partial charge in [-0.05, 0) is 19.1 Å². The number of rotatable bonds is 3. The minimum Gasteiger partial charge on any atom is -0.487 e. The molecule has 5 nitrogen and oxygen atoms in total. The van der Waals surface area contributed by atoms with Gasteiger partial charge in [0.1, 0.15) is 35.6 Å². The summed E-state index contributed by atoms with van der Waals surface area (Å²) in [7, 11) is 0. The minimum atomic E-state index is -0.611. The maximum absolute atomic E-state index is 13.2. The number of nitrogens with zero attached hydrogens (tertiary/aromatic N) is 3. The highest BCUT2D eigenvalue weighted by molar-refractivity contribution is 5.36.